The number of nitrogens with zero attached hydrogens (tertiary/aromatic N) is 4. The summed E-state index contributed by atoms with van der Waals surface area (Å²) in [7, 11) is 0. The number of hydrogen-bond acceptors (Lipinski definition) is 9. The van der Waals surface area contributed by atoms with Crippen molar-refractivity contribution in [3.05, 3.63) is 84.1 Å². The molecule has 36 heavy (non-hydrogen) atoms. The third-order valence-electron chi connectivity index (χ3n) is 4.95. The van der Waals surface area contributed by atoms with Gasteiger partial charge in [0.1, 0.15) is 23.0 Å². The van der Waals surface area contributed by atoms with Crippen LogP contribution in [0.4, 0.5) is 11.8 Å². The standard InChI is InChI=1S/C19H23N5O2.C6H7N3O/c1-3-25-15-10-13(9-14-12-22-19(21)23-18(14)20)11-16(26-4-2)17(15)24-7-5-6-8-24;7-9-6(10)5-1-3-8-4-2-5/h5-8,10-12H,3-4,9H2,1-2H3,(H4,20,21,22,23);1-4H,7H2,(H,9,10). The Morgan fingerprint density at radius 3 is 2.17 bits per heavy atom. The van der Waals surface area contributed by atoms with Gasteiger partial charge in [0.2, 0.25) is 5.95 Å². The summed E-state index contributed by atoms with van der Waals surface area (Å²) in [5, 5.41) is 0. The van der Waals surface area contributed by atoms with E-state index in [0.29, 0.717) is 31.0 Å². The Hall–Kier alpha value is -4.64. The topological polar surface area (TPSA) is 169 Å². The SMILES string of the molecule is CCOc1cc(Cc2cnc(N)nc2N)cc(OCC)c1-n1cccc1.NNC(=O)c1ccncc1. The van der Waals surface area contributed by atoms with E-state index in [1.165, 1.54) is 12.4 Å². The summed E-state index contributed by atoms with van der Waals surface area (Å²) < 4.78 is 13.8. The molecule has 1 aromatic carbocycles. The van der Waals surface area contributed by atoms with Crippen molar-refractivity contribution in [2.24, 2.45) is 5.84 Å². The van der Waals surface area contributed by atoms with Gasteiger partial charge in [-0.05, 0) is 55.8 Å². The number of carbonyl (C=O) groups is 1. The maximum absolute atomic E-state index is 10.7. The largest absolute Gasteiger partial charge is 0.492 e. The molecule has 0 saturated carbocycles. The summed E-state index contributed by atoms with van der Waals surface area (Å²) in [6.45, 7) is 5.02. The number of benzene rings is 1. The molecule has 7 N–H and O–H groups in total. The molecule has 0 radical (unpaired) electrons. The summed E-state index contributed by atoms with van der Waals surface area (Å²) in [4.78, 5) is 22.5. The van der Waals surface area contributed by atoms with Crippen LogP contribution in [0.15, 0.2) is 67.4 Å². The minimum Gasteiger partial charge on any atom is -0.492 e. The van der Waals surface area contributed by atoms with Gasteiger partial charge >= 0.3 is 0 Å². The molecule has 4 rings (SSSR count). The van der Waals surface area contributed by atoms with Crippen molar-refractivity contribution in [1.29, 1.82) is 0 Å². The van der Waals surface area contributed by atoms with E-state index in [-0.39, 0.29) is 11.9 Å². The Morgan fingerprint density at radius 1 is 1.03 bits per heavy atom. The highest BCUT2D eigenvalue weighted by Crippen LogP contribution is 2.35. The van der Waals surface area contributed by atoms with Crippen molar-refractivity contribution in [2.45, 2.75) is 20.3 Å². The quantitative estimate of drug-likeness (QED) is 0.165. The van der Waals surface area contributed by atoms with Crippen LogP contribution in [0.2, 0.25) is 0 Å². The molecule has 188 valence electrons. The molecule has 0 spiro atoms. The first kappa shape index (κ1) is 26.0. The second-order valence-electron chi connectivity index (χ2n) is 7.42. The second-order valence-corrected chi connectivity index (χ2v) is 7.42. The average Bonchev–Trinajstić information content (AvgIpc) is 3.41. The van der Waals surface area contributed by atoms with Gasteiger partial charge in [-0.2, -0.15) is 4.98 Å². The van der Waals surface area contributed by atoms with E-state index in [2.05, 4.69) is 15.0 Å². The highest BCUT2D eigenvalue weighted by atomic mass is 16.5. The van der Waals surface area contributed by atoms with Gasteiger partial charge in [-0.25, -0.2) is 10.8 Å². The summed E-state index contributed by atoms with van der Waals surface area (Å²) >= 11 is 0. The zero-order valence-electron chi connectivity index (χ0n) is 20.2. The molecule has 1 amide bonds. The maximum atomic E-state index is 10.7. The molecule has 3 aromatic heterocycles. The molecule has 0 aliphatic heterocycles. The van der Waals surface area contributed by atoms with Crippen LogP contribution in [-0.4, -0.2) is 38.6 Å². The number of amides is 1. The van der Waals surface area contributed by atoms with Crippen LogP contribution in [0.1, 0.15) is 35.3 Å². The first-order valence-electron chi connectivity index (χ1n) is 11.3. The van der Waals surface area contributed by atoms with Crippen LogP contribution in [0.5, 0.6) is 11.5 Å². The van der Waals surface area contributed by atoms with Crippen molar-refractivity contribution in [2.75, 3.05) is 24.7 Å². The van der Waals surface area contributed by atoms with E-state index in [4.69, 9.17) is 26.8 Å². The number of rotatable bonds is 8. The number of anilines is 2. The van der Waals surface area contributed by atoms with Crippen LogP contribution in [0, 0.1) is 0 Å². The minimum absolute atomic E-state index is 0.166. The van der Waals surface area contributed by atoms with Crippen LogP contribution in [0.25, 0.3) is 5.69 Å². The number of carbonyl (C=O) groups excluding carboxylic acids is 1. The van der Waals surface area contributed by atoms with Gasteiger partial charge in [-0.15, -0.1) is 0 Å². The van der Waals surface area contributed by atoms with Gasteiger partial charge in [0, 0.05) is 48.5 Å². The predicted molar refractivity (Wildman–Crippen MR) is 138 cm³/mol. The fourth-order valence-corrected chi connectivity index (χ4v) is 3.38. The molecule has 0 unspecified atom stereocenters. The number of ether oxygens (including phenoxy) is 2. The monoisotopic (exact) mass is 490 g/mol. The van der Waals surface area contributed by atoms with Gasteiger partial charge in [-0.1, -0.05) is 0 Å². The van der Waals surface area contributed by atoms with Gasteiger partial charge in [0.05, 0.1) is 13.2 Å². The summed E-state index contributed by atoms with van der Waals surface area (Å²) in [5.41, 5.74) is 16.8. The Kier molecular flexibility index (Phi) is 9.18. The van der Waals surface area contributed by atoms with E-state index < -0.39 is 0 Å². The number of pyridine rings is 1. The number of hydrogen-bond donors (Lipinski definition) is 4. The van der Waals surface area contributed by atoms with E-state index in [0.717, 1.165) is 28.3 Å². The molecular formula is C25H30N8O3. The lowest BCUT2D eigenvalue weighted by Crippen LogP contribution is -2.29. The lowest BCUT2D eigenvalue weighted by Gasteiger charge is -2.18. The fraction of sp³-hybridized carbons (Fsp3) is 0.200. The number of hydrazine groups is 1. The smallest absolute Gasteiger partial charge is 0.265 e. The van der Waals surface area contributed by atoms with Gasteiger partial charge < -0.3 is 25.5 Å². The Morgan fingerprint density at radius 2 is 1.64 bits per heavy atom. The lowest BCUT2D eigenvalue weighted by molar-refractivity contribution is 0.0953. The first-order chi connectivity index (χ1) is 17.5. The summed E-state index contributed by atoms with van der Waals surface area (Å²) in [5.74, 6) is 6.62. The van der Waals surface area contributed by atoms with Crippen molar-refractivity contribution < 1.29 is 14.3 Å². The summed E-state index contributed by atoms with van der Waals surface area (Å²) in [6.07, 6.45) is 9.20. The van der Waals surface area contributed by atoms with Crippen LogP contribution in [-0.2, 0) is 6.42 Å². The zero-order chi connectivity index (χ0) is 25.9. The number of aromatic nitrogens is 4. The zero-order valence-corrected chi connectivity index (χ0v) is 20.2. The van der Waals surface area contributed by atoms with E-state index >= 15 is 0 Å². The third-order valence-corrected chi connectivity index (χ3v) is 4.95. The molecular weight excluding hydrogens is 460 g/mol. The van der Waals surface area contributed by atoms with Gasteiger partial charge in [0.25, 0.3) is 5.91 Å². The second kappa shape index (κ2) is 12.7. The van der Waals surface area contributed by atoms with Gasteiger partial charge in [-0.3, -0.25) is 15.2 Å². The average molecular weight is 491 g/mol. The normalized spacial score (nSPS) is 10.2. The molecule has 0 aliphatic carbocycles. The van der Waals surface area contributed by atoms with E-state index in [1.807, 2.05) is 60.5 Å². The molecule has 11 heteroatoms. The third kappa shape index (κ3) is 6.70. The molecule has 11 nitrogen and oxygen atoms in total. The van der Waals surface area contributed by atoms with E-state index in [9.17, 15) is 4.79 Å². The Labute approximate surface area is 209 Å². The molecule has 0 aliphatic rings. The molecule has 3 heterocycles. The molecule has 0 bridgehead atoms. The Balaban J connectivity index is 0.000000303. The number of nitrogen functional groups attached to an aromatic ring is 3. The lowest BCUT2D eigenvalue weighted by atomic mass is 10.0. The highest BCUT2D eigenvalue weighted by Gasteiger charge is 2.16. The Bertz CT molecular complexity index is 1240. The van der Waals surface area contributed by atoms with Crippen LogP contribution < -0.4 is 32.2 Å². The fourth-order valence-electron chi connectivity index (χ4n) is 3.38. The highest BCUT2D eigenvalue weighted by molar-refractivity contribution is 5.93. The maximum Gasteiger partial charge on any atom is 0.265 e. The van der Waals surface area contributed by atoms with E-state index in [1.54, 1.807) is 18.3 Å². The number of nitrogens with one attached hydrogen (secondary N) is 1. The van der Waals surface area contributed by atoms with Crippen molar-refractivity contribution in [1.82, 2.24) is 24.9 Å². The summed E-state index contributed by atoms with van der Waals surface area (Å²) in [6, 6.07) is 11.1. The van der Waals surface area contributed by atoms with Gasteiger partial charge in [0.15, 0.2) is 0 Å². The van der Waals surface area contributed by atoms with Crippen molar-refractivity contribution in [3.63, 3.8) is 0 Å². The van der Waals surface area contributed by atoms with Crippen molar-refractivity contribution in [3.8, 4) is 17.2 Å². The van der Waals surface area contributed by atoms with Crippen LogP contribution >= 0.6 is 0 Å². The predicted octanol–water partition coefficient (Wildman–Crippen LogP) is 2.50. The number of nitrogens with two attached hydrogens (primary N) is 3. The first-order valence-corrected chi connectivity index (χ1v) is 11.3. The van der Waals surface area contributed by atoms with Crippen LogP contribution in [0.3, 0.4) is 0 Å². The molecule has 4 aromatic rings. The molecule has 0 fully saturated rings. The van der Waals surface area contributed by atoms with Crippen molar-refractivity contribution >= 4 is 17.7 Å². The molecule has 0 saturated heterocycles. The minimum atomic E-state index is -0.303. The molecule has 0 atom stereocenters.